The third-order valence-electron chi connectivity index (χ3n) is 7.63. The maximum atomic E-state index is 13.9. The van der Waals surface area contributed by atoms with Gasteiger partial charge in [-0.3, -0.25) is 18.9 Å². The molecule has 0 saturated heterocycles. The van der Waals surface area contributed by atoms with E-state index in [4.69, 9.17) is 14.2 Å². The van der Waals surface area contributed by atoms with Gasteiger partial charge in [-0.1, -0.05) is 67.0 Å². The minimum Gasteiger partial charge on any atom is -0.490 e. The van der Waals surface area contributed by atoms with Crippen molar-refractivity contribution in [1.29, 1.82) is 0 Å². The fourth-order valence-corrected chi connectivity index (χ4v) is 5.29. The van der Waals surface area contributed by atoms with E-state index >= 15 is 0 Å². The average Bonchev–Trinajstić information content (AvgIpc) is 3.40. The minimum absolute atomic E-state index is 0. The molecular formula is C33H33BrN4O4. The van der Waals surface area contributed by atoms with Gasteiger partial charge < -0.3 is 4.74 Å². The Morgan fingerprint density at radius 3 is 2.31 bits per heavy atom. The molecule has 6 rings (SSSR count). The Labute approximate surface area is 254 Å². The van der Waals surface area contributed by atoms with Crippen molar-refractivity contribution in [2.75, 3.05) is 0 Å². The molecule has 1 saturated carbocycles. The van der Waals surface area contributed by atoms with Crippen LogP contribution in [0.5, 0.6) is 5.75 Å². The summed E-state index contributed by atoms with van der Waals surface area (Å²) in [5.41, 5.74) is 5.95. The van der Waals surface area contributed by atoms with Gasteiger partial charge in [0.1, 0.15) is 11.6 Å². The normalized spacial score (nSPS) is 12.9. The van der Waals surface area contributed by atoms with Crippen molar-refractivity contribution in [2.45, 2.75) is 58.5 Å². The number of H-pyrrole nitrogens is 1. The summed E-state index contributed by atoms with van der Waals surface area (Å²) in [4.78, 5) is 33.0. The molecular weight excluding hydrogens is 596 g/mol. The molecule has 2 aromatic heterocycles. The van der Waals surface area contributed by atoms with Gasteiger partial charge in [-0.15, -0.1) is 17.0 Å². The molecule has 5 aromatic rings. The molecule has 0 bridgehead atoms. The van der Waals surface area contributed by atoms with Crippen LogP contribution in [0.3, 0.4) is 0 Å². The molecule has 216 valence electrons. The lowest BCUT2D eigenvalue weighted by Crippen LogP contribution is -2.28. The van der Waals surface area contributed by atoms with Gasteiger partial charge in [0.05, 0.1) is 17.5 Å². The zero-order chi connectivity index (χ0) is 28.3. The fourth-order valence-electron chi connectivity index (χ4n) is 5.29. The Balaban J connectivity index is 0.00000353. The molecule has 0 radical (unpaired) electrons. The van der Waals surface area contributed by atoms with Crippen LogP contribution >= 0.6 is 17.0 Å². The van der Waals surface area contributed by atoms with Crippen LogP contribution < -0.4 is 16.1 Å². The van der Waals surface area contributed by atoms with Gasteiger partial charge in [0.15, 0.2) is 5.82 Å². The van der Waals surface area contributed by atoms with Gasteiger partial charge in [0.25, 0.3) is 5.56 Å². The van der Waals surface area contributed by atoms with Crippen molar-refractivity contribution in [2.24, 2.45) is 0 Å². The Kier molecular flexibility index (Phi) is 8.87. The number of ether oxygens (including phenoxy) is 1. The Morgan fingerprint density at radius 2 is 1.69 bits per heavy atom. The number of nitrogens with one attached hydrogen (secondary N) is 1. The number of benzene rings is 3. The maximum absolute atomic E-state index is 13.9. The zero-order valence-electron chi connectivity index (χ0n) is 23.6. The number of hydrogen-bond acceptors (Lipinski definition) is 6. The summed E-state index contributed by atoms with van der Waals surface area (Å²) in [7, 11) is 0. The molecule has 8 nitrogen and oxygen atoms in total. The molecule has 0 amide bonds. The highest BCUT2D eigenvalue weighted by molar-refractivity contribution is 8.93. The molecule has 1 aliphatic rings. The Morgan fingerprint density at radius 1 is 0.976 bits per heavy atom. The molecule has 0 spiro atoms. The SMILES string of the molecule is Br.CCCc1nc(C)n(-c2ccc(OC3CCC3)cc2)c(=O)c1Cc1ccc(-c2ccccc2-c2noc(=O)[nH]2)cc1. The van der Waals surface area contributed by atoms with E-state index in [-0.39, 0.29) is 22.5 Å². The maximum Gasteiger partial charge on any atom is 0.439 e. The summed E-state index contributed by atoms with van der Waals surface area (Å²) in [6, 6.07) is 23.5. The van der Waals surface area contributed by atoms with E-state index in [9.17, 15) is 9.59 Å². The second-order valence-electron chi connectivity index (χ2n) is 10.5. The number of rotatable bonds is 9. The molecule has 42 heavy (non-hydrogen) atoms. The molecule has 1 aliphatic carbocycles. The Hall–Kier alpha value is -4.24. The summed E-state index contributed by atoms with van der Waals surface area (Å²) in [6.07, 6.45) is 5.83. The zero-order valence-corrected chi connectivity index (χ0v) is 25.3. The smallest absolute Gasteiger partial charge is 0.439 e. The summed E-state index contributed by atoms with van der Waals surface area (Å²) in [5, 5.41) is 3.85. The topological polar surface area (TPSA) is 103 Å². The van der Waals surface area contributed by atoms with Gasteiger partial charge in [0.2, 0.25) is 0 Å². The van der Waals surface area contributed by atoms with Crippen LogP contribution in [0.1, 0.15) is 55.3 Å². The van der Waals surface area contributed by atoms with Crippen LogP contribution in [0.4, 0.5) is 0 Å². The molecule has 1 fully saturated rings. The predicted molar refractivity (Wildman–Crippen MR) is 168 cm³/mol. The molecule has 0 atom stereocenters. The number of halogens is 1. The van der Waals surface area contributed by atoms with Crippen LogP contribution in [0.15, 0.2) is 86.9 Å². The number of hydrogen-bond donors (Lipinski definition) is 1. The van der Waals surface area contributed by atoms with Crippen molar-refractivity contribution >= 4 is 17.0 Å². The largest absolute Gasteiger partial charge is 0.490 e. The minimum atomic E-state index is -0.594. The average molecular weight is 630 g/mol. The van der Waals surface area contributed by atoms with Crippen molar-refractivity contribution < 1.29 is 9.26 Å². The predicted octanol–water partition coefficient (Wildman–Crippen LogP) is 6.60. The third kappa shape index (κ3) is 6.01. The fraction of sp³-hybridized carbons (Fsp3) is 0.273. The van der Waals surface area contributed by atoms with Crippen LogP contribution in [0.25, 0.3) is 28.2 Å². The van der Waals surface area contributed by atoms with Crippen molar-refractivity contribution in [3.05, 3.63) is 116 Å². The van der Waals surface area contributed by atoms with E-state index in [1.807, 2.05) is 79.7 Å². The monoisotopic (exact) mass is 628 g/mol. The lowest BCUT2D eigenvalue weighted by atomic mass is 9.96. The van der Waals surface area contributed by atoms with E-state index in [0.717, 1.165) is 65.1 Å². The number of aryl methyl sites for hydroxylation is 2. The van der Waals surface area contributed by atoms with Gasteiger partial charge in [-0.25, -0.2) is 9.78 Å². The third-order valence-corrected chi connectivity index (χ3v) is 7.63. The van der Waals surface area contributed by atoms with Gasteiger partial charge in [0, 0.05) is 17.5 Å². The summed E-state index contributed by atoms with van der Waals surface area (Å²) >= 11 is 0. The standard InChI is InChI=1S/C33H32N4O4.BrH/c1-3-7-30-29(32(38)37(21(2)34-30)24-16-18-26(19-17-24)40-25-8-6-9-25)20-22-12-14-23(15-13-22)27-10-4-5-11-28(27)31-35-33(39)41-36-31;/h4-5,10-19,25H,3,6-9,20H2,1-2H3,(H,35,36,39);1H. The van der Waals surface area contributed by atoms with Crippen LogP contribution in [-0.4, -0.2) is 25.8 Å². The molecule has 0 unspecified atom stereocenters. The summed E-state index contributed by atoms with van der Waals surface area (Å²) in [5.74, 6) is 1.29. The number of nitrogens with zero attached hydrogens (tertiary/aromatic N) is 3. The summed E-state index contributed by atoms with van der Waals surface area (Å²) in [6.45, 7) is 3.99. The highest BCUT2D eigenvalue weighted by Gasteiger charge is 2.20. The van der Waals surface area contributed by atoms with Crippen molar-refractivity contribution in [3.8, 4) is 34.0 Å². The second-order valence-corrected chi connectivity index (χ2v) is 10.5. The van der Waals surface area contributed by atoms with E-state index in [1.54, 1.807) is 4.57 Å². The first-order chi connectivity index (χ1) is 20.0. The van der Waals surface area contributed by atoms with Gasteiger partial charge in [-0.05, 0) is 73.6 Å². The molecule has 0 aliphatic heterocycles. The second kappa shape index (κ2) is 12.7. The number of aromatic amines is 1. The van der Waals surface area contributed by atoms with E-state index < -0.39 is 5.76 Å². The van der Waals surface area contributed by atoms with Crippen molar-refractivity contribution in [1.82, 2.24) is 19.7 Å². The lowest BCUT2D eigenvalue weighted by molar-refractivity contribution is 0.120. The van der Waals surface area contributed by atoms with Crippen LogP contribution in [0.2, 0.25) is 0 Å². The molecule has 3 aromatic carbocycles. The summed E-state index contributed by atoms with van der Waals surface area (Å²) < 4.78 is 12.4. The molecule has 9 heteroatoms. The first-order valence-electron chi connectivity index (χ1n) is 14.1. The molecule has 1 N–H and O–H groups in total. The van der Waals surface area contributed by atoms with Crippen LogP contribution in [-0.2, 0) is 12.8 Å². The van der Waals surface area contributed by atoms with Crippen LogP contribution in [0, 0.1) is 6.92 Å². The van der Waals surface area contributed by atoms with E-state index in [2.05, 4.69) is 17.1 Å². The first-order valence-corrected chi connectivity index (χ1v) is 14.1. The number of aromatic nitrogens is 4. The highest BCUT2D eigenvalue weighted by Crippen LogP contribution is 2.30. The highest BCUT2D eigenvalue weighted by atomic mass is 79.9. The molecule has 2 heterocycles. The van der Waals surface area contributed by atoms with E-state index in [0.29, 0.717) is 29.7 Å². The van der Waals surface area contributed by atoms with Gasteiger partial charge >= 0.3 is 5.76 Å². The first kappa shape index (κ1) is 29.3. The lowest BCUT2D eigenvalue weighted by Gasteiger charge is -2.26. The van der Waals surface area contributed by atoms with Gasteiger partial charge in [-0.2, -0.15) is 0 Å². The Bertz CT molecular complexity index is 1790. The quantitative estimate of drug-likeness (QED) is 0.197. The van der Waals surface area contributed by atoms with E-state index in [1.165, 1.54) is 6.42 Å². The van der Waals surface area contributed by atoms with Crippen molar-refractivity contribution in [3.63, 3.8) is 0 Å².